The minimum absolute atomic E-state index is 0.253. The number of hydrogen-bond acceptors (Lipinski definition) is 11. The fraction of sp³-hybridized carbons (Fsp3) is 0.456. The second kappa shape index (κ2) is 24.7. The third-order valence-corrected chi connectivity index (χ3v) is 17.8. The molecule has 0 radical (unpaired) electrons. The van der Waals surface area contributed by atoms with Crippen molar-refractivity contribution < 1.29 is 14.2 Å². The molecule has 3 N–H and O–H groups in total. The molecule has 7 heterocycles. The molecule has 16 heteroatoms. The first-order valence-corrected chi connectivity index (χ1v) is 29.6. The van der Waals surface area contributed by atoms with Crippen molar-refractivity contribution in [2.75, 3.05) is 83.4 Å². The highest BCUT2D eigenvalue weighted by Gasteiger charge is 2.28. The van der Waals surface area contributed by atoms with Crippen LogP contribution in [0.15, 0.2) is 77.8 Å². The highest BCUT2D eigenvalue weighted by molar-refractivity contribution is 7.70. The number of hydrogen-bond donors (Lipinski definition) is 3. The number of amides is 1. The predicted octanol–water partition coefficient (Wildman–Crippen LogP) is 10.2. The predicted molar refractivity (Wildman–Crippen MR) is 302 cm³/mol. The molecule has 0 atom stereocenters. The second-order valence-electron chi connectivity index (χ2n) is 20.5. The molecule has 0 bridgehead atoms. The van der Waals surface area contributed by atoms with Crippen LogP contribution in [0.25, 0.3) is 15.9 Å². The van der Waals surface area contributed by atoms with Crippen LogP contribution in [-0.2, 0) is 20.7 Å². The minimum Gasteiger partial charge on any atom is -0.382 e. The molecular weight excluding hydrogens is 971 g/mol. The standard InChI is InChI=1S/C26H31N4O2P.C17H15ClN4S.C14H26N2O/c1-33(2,32)23-10-8-20(9-11-23)27-14-4-5-22-19-24-25(6-3-7-26(24)29-22)28-21-12-15-30(16-13-21)17-18-31;1-9-10(2)23-17-15(9)16(12-4-6-13(18)7-5-12)19-8-14-21-20-11(3)22(14)17;1-12(17)16-9-5-14(6-10-16)11-13-3-7-15(2)8-4-13/h3,6-11,18-19,21,27-29H,12-17H2,1-2H3;4-7H,8H2,1-3H3;13-14H,3-11H2,1-2H3. The lowest BCUT2D eigenvalue weighted by molar-refractivity contribution is -0.130. The van der Waals surface area contributed by atoms with Crippen LogP contribution >= 0.6 is 30.1 Å². The van der Waals surface area contributed by atoms with Gasteiger partial charge >= 0.3 is 0 Å². The molecular formula is C57H72ClN10O3PS. The van der Waals surface area contributed by atoms with Crippen LogP contribution in [0.1, 0.15) is 90.8 Å². The van der Waals surface area contributed by atoms with Gasteiger partial charge in [-0.1, -0.05) is 35.7 Å². The van der Waals surface area contributed by atoms with Gasteiger partial charge in [-0.25, -0.2) is 0 Å². The molecule has 386 valence electrons. The number of aromatic amines is 1. The zero-order chi connectivity index (χ0) is 51.6. The number of benzene rings is 3. The van der Waals surface area contributed by atoms with E-state index in [1.165, 1.54) is 61.2 Å². The summed E-state index contributed by atoms with van der Waals surface area (Å²) in [5.41, 5.74) is 8.55. The number of anilines is 2. The van der Waals surface area contributed by atoms with Crippen molar-refractivity contribution in [3.8, 4) is 16.8 Å². The fourth-order valence-corrected chi connectivity index (χ4v) is 12.5. The molecule has 0 spiro atoms. The number of rotatable bonds is 10. The number of aryl methyl sites for hydroxylation is 2. The minimum atomic E-state index is -2.23. The summed E-state index contributed by atoms with van der Waals surface area (Å²) in [5.74, 6) is 10.2. The number of carbonyl (C=O) groups is 2. The summed E-state index contributed by atoms with van der Waals surface area (Å²) >= 11 is 7.80. The first kappa shape index (κ1) is 53.7. The van der Waals surface area contributed by atoms with Gasteiger partial charge in [0.25, 0.3) is 0 Å². The summed E-state index contributed by atoms with van der Waals surface area (Å²) in [4.78, 5) is 38.2. The average Bonchev–Trinajstić information content (AvgIpc) is 4.03. The summed E-state index contributed by atoms with van der Waals surface area (Å²) < 4.78 is 14.3. The normalized spacial score (nSPS) is 16.9. The van der Waals surface area contributed by atoms with Gasteiger partial charge < -0.3 is 34.8 Å². The van der Waals surface area contributed by atoms with Gasteiger partial charge in [-0.15, -0.1) is 21.5 Å². The van der Waals surface area contributed by atoms with E-state index in [0.717, 1.165) is 123 Å². The molecule has 0 unspecified atom stereocenters. The van der Waals surface area contributed by atoms with E-state index in [1.54, 1.807) is 31.6 Å². The highest BCUT2D eigenvalue weighted by Crippen LogP contribution is 2.37. The Morgan fingerprint density at radius 3 is 2.25 bits per heavy atom. The summed E-state index contributed by atoms with van der Waals surface area (Å²) in [7, 11) is -0.00226. The van der Waals surface area contributed by atoms with Gasteiger partial charge in [0, 0.05) is 87.8 Å². The number of carbonyl (C=O) groups excluding carboxylic acids is 2. The largest absolute Gasteiger partial charge is 0.382 e. The molecule has 1 amide bonds. The Bertz CT molecular complexity index is 2980. The molecule has 6 aromatic rings. The van der Waals surface area contributed by atoms with E-state index in [1.807, 2.05) is 60.4 Å². The Hall–Kier alpha value is -5.55. The molecule has 73 heavy (non-hydrogen) atoms. The van der Waals surface area contributed by atoms with Crippen molar-refractivity contribution in [1.29, 1.82) is 0 Å². The second-order valence-corrected chi connectivity index (χ2v) is 25.3. The average molecular weight is 1040 g/mol. The van der Waals surface area contributed by atoms with Crippen molar-refractivity contribution in [2.24, 2.45) is 16.8 Å². The number of fused-ring (bicyclic) bond motifs is 4. The topological polar surface area (TPSA) is 144 Å². The van der Waals surface area contributed by atoms with E-state index in [9.17, 15) is 14.2 Å². The Morgan fingerprint density at radius 2 is 1.59 bits per heavy atom. The quantitative estimate of drug-likeness (QED) is 0.0694. The van der Waals surface area contributed by atoms with Crippen molar-refractivity contribution in [3.63, 3.8) is 0 Å². The van der Waals surface area contributed by atoms with Crippen LogP contribution in [0.4, 0.5) is 11.4 Å². The Morgan fingerprint density at radius 1 is 0.904 bits per heavy atom. The zero-order valence-corrected chi connectivity index (χ0v) is 46.1. The van der Waals surface area contributed by atoms with E-state index < -0.39 is 7.14 Å². The number of aromatic nitrogens is 4. The van der Waals surface area contributed by atoms with Crippen molar-refractivity contribution in [3.05, 3.63) is 117 Å². The van der Waals surface area contributed by atoms with Gasteiger partial charge in [0.15, 0.2) is 5.82 Å². The van der Waals surface area contributed by atoms with Crippen LogP contribution in [0.5, 0.6) is 0 Å². The molecule has 0 saturated carbocycles. The lowest BCUT2D eigenvalue weighted by Crippen LogP contribution is -2.39. The number of nitrogens with one attached hydrogen (secondary N) is 3. The van der Waals surface area contributed by atoms with E-state index in [0.29, 0.717) is 25.7 Å². The van der Waals surface area contributed by atoms with Gasteiger partial charge in [0.1, 0.15) is 30.8 Å². The smallest absolute Gasteiger partial charge is 0.219 e. The Balaban J connectivity index is 0.000000155. The van der Waals surface area contributed by atoms with Crippen LogP contribution in [0.2, 0.25) is 5.02 Å². The van der Waals surface area contributed by atoms with Crippen LogP contribution < -0.4 is 15.9 Å². The summed E-state index contributed by atoms with van der Waals surface area (Å²) in [5, 5.41) is 19.4. The fourth-order valence-electron chi connectivity index (χ4n) is 10.3. The summed E-state index contributed by atoms with van der Waals surface area (Å²) in [6.45, 7) is 19.5. The molecule has 13 nitrogen and oxygen atoms in total. The van der Waals surface area contributed by atoms with Crippen LogP contribution in [0, 0.1) is 44.4 Å². The molecule has 3 saturated heterocycles. The first-order valence-electron chi connectivity index (χ1n) is 25.8. The van der Waals surface area contributed by atoms with Crippen molar-refractivity contribution >= 4 is 75.6 Å². The third kappa shape index (κ3) is 14.0. The Labute approximate surface area is 441 Å². The summed E-state index contributed by atoms with van der Waals surface area (Å²) in [6, 6.07) is 24.3. The number of thiophene rings is 1. The molecule has 4 aliphatic rings. The van der Waals surface area contributed by atoms with E-state index in [4.69, 9.17) is 16.6 Å². The number of nitrogens with zero attached hydrogens (tertiary/aromatic N) is 7. The lowest BCUT2D eigenvalue weighted by Gasteiger charge is -2.35. The number of aliphatic imine (C=N–C) groups is 1. The SMILES string of the molecule is CC(=O)N1CCC(CC2CCN(C)CC2)CC1.CP(C)(=O)c1ccc(NCC#Cc2cc3c(NC4CCN(CC=O)CC4)cccc3[nH]2)cc1.Cc1sc2c(c1C)C(c1ccc(Cl)cc1)=NCc1nnc(C)n1-2. The monoisotopic (exact) mass is 1040 g/mol. The number of aldehydes is 1. The molecule has 10 rings (SSSR count). The number of halogens is 1. The summed E-state index contributed by atoms with van der Waals surface area (Å²) in [6.07, 6.45) is 9.66. The lowest BCUT2D eigenvalue weighted by atomic mass is 9.83. The molecule has 3 aromatic carbocycles. The van der Waals surface area contributed by atoms with Gasteiger partial charge in [0.05, 0.1) is 24.5 Å². The highest BCUT2D eigenvalue weighted by atomic mass is 35.5. The molecule has 4 aliphatic heterocycles. The number of likely N-dealkylation sites (tertiary alicyclic amines) is 3. The van der Waals surface area contributed by atoms with E-state index in [-0.39, 0.29) is 5.91 Å². The molecule has 0 aliphatic carbocycles. The third-order valence-electron chi connectivity index (χ3n) is 14.8. The maximum atomic E-state index is 12.1. The van der Waals surface area contributed by atoms with E-state index in [2.05, 4.69) is 97.2 Å². The van der Waals surface area contributed by atoms with Crippen LogP contribution in [-0.4, -0.2) is 131 Å². The van der Waals surface area contributed by atoms with E-state index >= 15 is 0 Å². The van der Waals surface area contributed by atoms with Gasteiger partial charge in [-0.2, -0.15) is 0 Å². The zero-order valence-electron chi connectivity index (χ0n) is 43.6. The molecule has 3 aromatic heterocycles. The van der Waals surface area contributed by atoms with Gasteiger partial charge in [-0.3, -0.25) is 19.3 Å². The van der Waals surface area contributed by atoms with Crippen molar-refractivity contribution in [1.82, 2.24) is 34.4 Å². The van der Waals surface area contributed by atoms with Gasteiger partial charge in [0.2, 0.25) is 5.91 Å². The first-order chi connectivity index (χ1) is 35.1. The number of piperidine rings is 3. The Kier molecular flexibility index (Phi) is 18.1. The maximum Gasteiger partial charge on any atom is 0.219 e. The van der Waals surface area contributed by atoms with Gasteiger partial charge in [-0.05, 0) is 177 Å². The maximum absolute atomic E-state index is 12.1. The van der Waals surface area contributed by atoms with Crippen LogP contribution in [0.3, 0.4) is 0 Å². The van der Waals surface area contributed by atoms with Crippen molar-refractivity contribution in [2.45, 2.75) is 85.2 Å². The molecule has 3 fully saturated rings. The number of H-pyrrole nitrogens is 1.